The van der Waals surface area contributed by atoms with E-state index < -0.39 is 0 Å². The summed E-state index contributed by atoms with van der Waals surface area (Å²) in [4.78, 5) is 0. The number of hydrazine groups is 1. The second-order valence-corrected chi connectivity index (χ2v) is 5.01. The van der Waals surface area contributed by atoms with E-state index in [1.165, 1.54) is 11.6 Å². The van der Waals surface area contributed by atoms with Crippen LogP contribution in [0.1, 0.15) is 36.1 Å². The molecule has 2 nitrogen and oxygen atoms in total. The van der Waals surface area contributed by atoms with Crippen LogP contribution in [-0.2, 0) is 12.8 Å². The molecule has 2 rings (SSSR count). The molecule has 0 saturated carbocycles. The second-order valence-electron chi connectivity index (χ2n) is 5.01. The van der Waals surface area contributed by atoms with Crippen LogP contribution < -0.4 is 11.3 Å². The van der Waals surface area contributed by atoms with Crippen LogP contribution in [0.15, 0.2) is 48.5 Å². The zero-order valence-corrected chi connectivity index (χ0v) is 11.8. The van der Waals surface area contributed by atoms with Crippen molar-refractivity contribution >= 4 is 0 Å². The van der Waals surface area contributed by atoms with Crippen molar-refractivity contribution < 1.29 is 4.39 Å². The van der Waals surface area contributed by atoms with Crippen molar-refractivity contribution in [2.75, 3.05) is 0 Å². The summed E-state index contributed by atoms with van der Waals surface area (Å²) < 4.78 is 13.7. The molecule has 0 amide bonds. The molecule has 0 aliphatic heterocycles. The smallest absolute Gasteiger partial charge is 0.126 e. The van der Waals surface area contributed by atoms with Gasteiger partial charge in [-0.25, -0.2) is 4.39 Å². The van der Waals surface area contributed by atoms with Crippen LogP contribution in [0, 0.1) is 5.82 Å². The van der Waals surface area contributed by atoms with E-state index in [-0.39, 0.29) is 11.9 Å². The number of hydrogen-bond acceptors (Lipinski definition) is 2. The van der Waals surface area contributed by atoms with Crippen LogP contribution in [0.4, 0.5) is 4.39 Å². The molecule has 0 bridgehead atoms. The summed E-state index contributed by atoms with van der Waals surface area (Å²) in [6.07, 6.45) is 2.70. The average molecular weight is 272 g/mol. The molecular formula is C17H21FN2. The first kappa shape index (κ1) is 14.7. The molecule has 106 valence electrons. The number of nitrogens with one attached hydrogen (secondary N) is 1. The highest BCUT2D eigenvalue weighted by atomic mass is 19.1. The highest BCUT2D eigenvalue weighted by molar-refractivity contribution is 5.28. The second kappa shape index (κ2) is 7.17. The van der Waals surface area contributed by atoms with Crippen LogP contribution in [0.2, 0.25) is 0 Å². The number of benzene rings is 2. The first-order valence-corrected chi connectivity index (χ1v) is 7.03. The highest BCUT2D eigenvalue weighted by Crippen LogP contribution is 2.21. The third kappa shape index (κ3) is 3.65. The summed E-state index contributed by atoms with van der Waals surface area (Å²) in [5.41, 5.74) is 5.86. The van der Waals surface area contributed by atoms with E-state index in [0.717, 1.165) is 18.4 Å². The molecule has 0 heterocycles. The molecule has 0 aliphatic rings. The van der Waals surface area contributed by atoms with E-state index in [0.29, 0.717) is 12.0 Å². The Balaban J connectivity index is 2.20. The minimum atomic E-state index is -0.183. The molecule has 0 fully saturated rings. The van der Waals surface area contributed by atoms with Crippen molar-refractivity contribution in [2.24, 2.45) is 5.84 Å². The Labute approximate surface area is 119 Å². The standard InChI is InChI=1S/C17H21FN2/c1-2-6-13-7-5-9-15(11-13)17(20-19)12-14-8-3-4-10-16(14)18/h3-5,7-11,17,20H,2,6,12,19H2,1H3. The third-order valence-corrected chi connectivity index (χ3v) is 3.48. The van der Waals surface area contributed by atoms with Crippen molar-refractivity contribution in [1.82, 2.24) is 5.43 Å². The van der Waals surface area contributed by atoms with Crippen molar-refractivity contribution in [3.8, 4) is 0 Å². The molecule has 3 N–H and O–H groups in total. The van der Waals surface area contributed by atoms with Gasteiger partial charge in [-0.15, -0.1) is 0 Å². The van der Waals surface area contributed by atoms with Gasteiger partial charge in [0.05, 0.1) is 6.04 Å². The average Bonchev–Trinajstić information content (AvgIpc) is 2.47. The van der Waals surface area contributed by atoms with Crippen LogP contribution >= 0.6 is 0 Å². The lowest BCUT2D eigenvalue weighted by Crippen LogP contribution is -2.29. The summed E-state index contributed by atoms with van der Waals surface area (Å²) in [6.45, 7) is 2.16. The highest BCUT2D eigenvalue weighted by Gasteiger charge is 2.13. The van der Waals surface area contributed by atoms with Gasteiger partial charge in [-0.2, -0.15) is 0 Å². The van der Waals surface area contributed by atoms with Gasteiger partial charge in [-0.1, -0.05) is 55.8 Å². The van der Waals surface area contributed by atoms with Gasteiger partial charge in [0.25, 0.3) is 0 Å². The maximum absolute atomic E-state index is 13.7. The lowest BCUT2D eigenvalue weighted by Gasteiger charge is -2.17. The van der Waals surface area contributed by atoms with Crippen molar-refractivity contribution in [3.63, 3.8) is 0 Å². The molecule has 0 spiro atoms. The van der Waals surface area contributed by atoms with Gasteiger partial charge in [0.2, 0.25) is 0 Å². The minimum Gasteiger partial charge on any atom is -0.271 e. The molecule has 0 saturated heterocycles. The van der Waals surface area contributed by atoms with Gasteiger partial charge < -0.3 is 0 Å². The van der Waals surface area contributed by atoms with Gasteiger partial charge in [0.1, 0.15) is 5.82 Å². The molecule has 0 radical (unpaired) electrons. The van der Waals surface area contributed by atoms with E-state index in [9.17, 15) is 4.39 Å². The third-order valence-electron chi connectivity index (χ3n) is 3.48. The fraction of sp³-hybridized carbons (Fsp3) is 0.294. The van der Waals surface area contributed by atoms with Crippen molar-refractivity contribution in [2.45, 2.75) is 32.2 Å². The van der Waals surface area contributed by atoms with E-state index in [1.54, 1.807) is 12.1 Å². The predicted molar refractivity (Wildman–Crippen MR) is 80.6 cm³/mol. The van der Waals surface area contributed by atoms with E-state index in [4.69, 9.17) is 5.84 Å². The van der Waals surface area contributed by atoms with Crippen molar-refractivity contribution in [1.29, 1.82) is 0 Å². The Hall–Kier alpha value is -1.71. The maximum Gasteiger partial charge on any atom is 0.126 e. The Kier molecular flexibility index (Phi) is 5.27. The van der Waals surface area contributed by atoms with Crippen molar-refractivity contribution in [3.05, 3.63) is 71.0 Å². The summed E-state index contributed by atoms with van der Waals surface area (Å²) in [6, 6.07) is 15.1. The topological polar surface area (TPSA) is 38.0 Å². The van der Waals surface area contributed by atoms with E-state index in [2.05, 4.69) is 24.5 Å². The molecule has 3 heteroatoms. The first-order valence-electron chi connectivity index (χ1n) is 7.03. The largest absolute Gasteiger partial charge is 0.271 e. The lowest BCUT2D eigenvalue weighted by atomic mass is 9.96. The van der Waals surface area contributed by atoms with Crippen LogP contribution in [0.5, 0.6) is 0 Å². The number of nitrogens with two attached hydrogens (primary N) is 1. The van der Waals surface area contributed by atoms with Gasteiger partial charge in [0, 0.05) is 0 Å². The Morgan fingerprint density at radius 1 is 1.15 bits per heavy atom. The first-order chi connectivity index (χ1) is 9.74. The number of hydrogen-bond donors (Lipinski definition) is 2. The van der Waals surface area contributed by atoms with E-state index in [1.807, 2.05) is 18.2 Å². The molecule has 1 unspecified atom stereocenters. The van der Waals surface area contributed by atoms with Gasteiger partial charge in [0.15, 0.2) is 0 Å². The maximum atomic E-state index is 13.7. The predicted octanol–water partition coefficient (Wildman–Crippen LogP) is 3.53. The SMILES string of the molecule is CCCc1cccc(C(Cc2ccccc2F)NN)c1. The summed E-state index contributed by atoms with van der Waals surface area (Å²) >= 11 is 0. The molecule has 20 heavy (non-hydrogen) atoms. The molecule has 0 aliphatic carbocycles. The molecule has 0 aromatic heterocycles. The number of halogens is 1. The van der Waals surface area contributed by atoms with Gasteiger partial charge in [-0.3, -0.25) is 11.3 Å². The quantitative estimate of drug-likeness (QED) is 0.623. The Morgan fingerprint density at radius 2 is 1.95 bits per heavy atom. The lowest BCUT2D eigenvalue weighted by molar-refractivity contribution is 0.528. The summed E-state index contributed by atoms with van der Waals surface area (Å²) in [5.74, 6) is 5.47. The fourth-order valence-electron chi connectivity index (χ4n) is 2.41. The molecular weight excluding hydrogens is 251 g/mol. The van der Waals surface area contributed by atoms with E-state index >= 15 is 0 Å². The number of aryl methyl sites for hydroxylation is 1. The van der Waals surface area contributed by atoms with Gasteiger partial charge >= 0.3 is 0 Å². The summed E-state index contributed by atoms with van der Waals surface area (Å²) in [7, 11) is 0. The number of rotatable bonds is 6. The molecule has 2 aromatic carbocycles. The minimum absolute atomic E-state index is 0.0799. The summed E-state index contributed by atoms with van der Waals surface area (Å²) in [5, 5.41) is 0. The molecule has 1 atom stereocenters. The van der Waals surface area contributed by atoms with Gasteiger partial charge in [-0.05, 0) is 35.6 Å². The Bertz CT molecular complexity index is 554. The van der Waals surface area contributed by atoms with Crippen LogP contribution in [0.25, 0.3) is 0 Å². The van der Waals surface area contributed by atoms with Crippen LogP contribution in [0.3, 0.4) is 0 Å². The normalized spacial score (nSPS) is 12.3. The fourth-order valence-corrected chi connectivity index (χ4v) is 2.41. The zero-order valence-electron chi connectivity index (χ0n) is 11.8. The zero-order chi connectivity index (χ0) is 14.4. The molecule has 2 aromatic rings. The Morgan fingerprint density at radius 3 is 2.65 bits per heavy atom. The van der Waals surface area contributed by atoms with Crippen LogP contribution in [-0.4, -0.2) is 0 Å². The monoisotopic (exact) mass is 272 g/mol.